The third-order valence-corrected chi connectivity index (χ3v) is 2.20. The summed E-state index contributed by atoms with van der Waals surface area (Å²) in [6, 6.07) is 0. The Morgan fingerprint density at radius 3 is 2.58 bits per heavy atom. The largest absolute Gasteiger partial charge is 0.471 e. The average molecular weight is 278 g/mol. The predicted molar refractivity (Wildman–Crippen MR) is 60.5 cm³/mol. The minimum atomic E-state index is -5.02. The van der Waals surface area contributed by atoms with E-state index in [-0.39, 0.29) is 11.4 Å². The Balaban J connectivity index is 2.92. The van der Waals surface area contributed by atoms with Crippen LogP contribution in [0, 0.1) is 0 Å². The van der Waals surface area contributed by atoms with Crippen molar-refractivity contribution in [3.8, 4) is 0 Å². The maximum Gasteiger partial charge on any atom is 0.471 e. The fourth-order valence-corrected chi connectivity index (χ4v) is 1.31. The molecule has 6 nitrogen and oxygen atoms in total. The van der Waals surface area contributed by atoms with Crippen molar-refractivity contribution in [3.63, 3.8) is 0 Å². The number of anilines is 1. The number of nitrogens with zero attached hydrogens (tertiary/aromatic N) is 2. The number of halogens is 3. The van der Waals surface area contributed by atoms with Gasteiger partial charge in [0.25, 0.3) is 5.91 Å². The van der Waals surface area contributed by atoms with E-state index in [1.807, 2.05) is 6.92 Å². The third kappa shape index (κ3) is 3.70. The Kier molecular flexibility index (Phi) is 4.52. The molecule has 0 aliphatic rings. The van der Waals surface area contributed by atoms with Crippen molar-refractivity contribution in [2.24, 2.45) is 7.05 Å². The Hall–Kier alpha value is -2.06. The Morgan fingerprint density at radius 2 is 2.05 bits per heavy atom. The monoisotopic (exact) mass is 278 g/mol. The first-order valence-corrected chi connectivity index (χ1v) is 5.45. The minimum Gasteiger partial charge on any atom is -0.351 e. The molecule has 0 atom stereocenters. The van der Waals surface area contributed by atoms with Crippen LogP contribution in [0.3, 0.4) is 0 Å². The summed E-state index contributed by atoms with van der Waals surface area (Å²) in [5.41, 5.74) is -0.413. The van der Waals surface area contributed by atoms with Crippen LogP contribution in [-0.4, -0.2) is 34.3 Å². The maximum atomic E-state index is 12.1. The number of carbonyl (C=O) groups is 2. The van der Waals surface area contributed by atoms with Crippen LogP contribution in [0.5, 0.6) is 0 Å². The predicted octanol–water partition coefficient (Wildman–Crippen LogP) is 1.06. The summed E-state index contributed by atoms with van der Waals surface area (Å²) in [4.78, 5) is 22.6. The molecular formula is C10H13F3N4O2. The van der Waals surface area contributed by atoms with Crippen molar-refractivity contribution in [2.75, 3.05) is 11.9 Å². The Morgan fingerprint density at radius 1 is 1.42 bits per heavy atom. The molecule has 0 saturated heterocycles. The maximum absolute atomic E-state index is 12.1. The number of hydrogen-bond donors (Lipinski definition) is 2. The minimum absolute atomic E-state index is 0.133. The lowest BCUT2D eigenvalue weighted by molar-refractivity contribution is -0.167. The number of aromatic nitrogens is 2. The van der Waals surface area contributed by atoms with Crippen LogP contribution >= 0.6 is 0 Å². The van der Waals surface area contributed by atoms with E-state index >= 15 is 0 Å². The van der Waals surface area contributed by atoms with E-state index in [2.05, 4.69) is 10.4 Å². The van der Waals surface area contributed by atoms with Crippen molar-refractivity contribution < 1.29 is 22.8 Å². The van der Waals surface area contributed by atoms with Gasteiger partial charge >= 0.3 is 12.1 Å². The van der Waals surface area contributed by atoms with Crippen molar-refractivity contribution in [1.82, 2.24) is 15.1 Å². The summed E-state index contributed by atoms with van der Waals surface area (Å²) in [6.45, 7) is 2.20. The molecule has 2 amide bonds. The zero-order valence-corrected chi connectivity index (χ0v) is 10.3. The Bertz CT molecular complexity index is 482. The summed E-state index contributed by atoms with van der Waals surface area (Å²) in [5, 5.41) is 7.77. The number of rotatable bonds is 4. The molecule has 19 heavy (non-hydrogen) atoms. The van der Waals surface area contributed by atoms with Gasteiger partial charge < -0.3 is 10.6 Å². The zero-order chi connectivity index (χ0) is 14.6. The second kappa shape index (κ2) is 5.72. The van der Waals surface area contributed by atoms with Gasteiger partial charge in [-0.3, -0.25) is 14.3 Å². The van der Waals surface area contributed by atoms with Crippen molar-refractivity contribution >= 4 is 17.5 Å². The fraction of sp³-hybridized carbons (Fsp3) is 0.500. The molecule has 0 unspecified atom stereocenters. The van der Waals surface area contributed by atoms with Gasteiger partial charge in [0.1, 0.15) is 5.69 Å². The molecule has 0 bridgehead atoms. The first-order valence-electron chi connectivity index (χ1n) is 5.45. The van der Waals surface area contributed by atoms with E-state index in [0.717, 1.165) is 10.9 Å². The number of hydrogen-bond acceptors (Lipinski definition) is 3. The number of alkyl halides is 3. The highest BCUT2D eigenvalue weighted by Crippen LogP contribution is 2.20. The number of amides is 2. The summed E-state index contributed by atoms with van der Waals surface area (Å²) in [7, 11) is 1.39. The van der Waals surface area contributed by atoms with Gasteiger partial charge in [0, 0.05) is 13.6 Å². The topological polar surface area (TPSA) is 76.0 Å². The highest BCUT2D eigenvalue weighted by Gasteiger charge is 2.39. The first kappa shape index (κ1) is 15.0. The fourth-order valence-electron chi connectivity index (χ4n) is 1.31. The van der Waals surface area contributed by atoms with E-state index in [9.17, 15) is 22.8 Å². The Labute approximate surface area is 107 Å². The van der Waals surface area contributed by atoms with Gasteiger partial charge in [-0.25, -0.2) is 0 Å². The smallest absolute Gasteiger partial charge is 0.351 e. The number of nitrogens with one attached hydrogen (secondary N) is 2. The van der Waals surface area contributed by atoms with Gasteiger partial charge in [-0.15, -0.1) is 0 Å². The standard InChI is InChI=1S/C10H13F3N4O2/c1-3-4-14-8(18)7-6(5-15-17(7)2)16-9(19)10(11,12)13/h5H,3-4H2,1-2H3,(H,14,18)(H,16,19). The van der Waals surface area contributed by atoms with Crippen LogP contribution in [-0.2, 0) is 11.8 Å². The molecule has 0 saturated carbocycles. The van der Waals surface area contributed by atoms with Crippen LogP contribution < -0.4 is 10.6 Å². The van der Waals surface area contributed by atoms with Gasteiger partial charge in [0.05, 0.1) is 11.9 Å². The molecule has 1 rings (SSSR count). The molecule has 1 aromatic rings. The van der Waals surface area contributed by atoms with Gasteiger partial charge in [0.2, 0.25) is 0 Å². The first-order chi connectivity index (χ1) is 8.77. The van der Waals surface area contributed by atoms with E-state index < -0.39 is 18.0 Å². The highest BCUT2D eigenvalue weighted by atomic mass is 19.4. The molecule has 0 aromatic carbocycles. The molecule has 0 aliphatic heterocycles. The van der Waals surface area contributed by atoms with Crippen molar-refractivity contribution in [2.45, 2.75) is 19.5 Å². The van der Waals surface area contributed by atoms with Crippen LogP contribution in [0.25, 0.3) is 0 Å². The zero-order valence-electron chi connectivity index (χ0n) is 10.3. The molecule has 2 N–H and O–H groups in total. The van der Waals surface area contributed by atoms with Crippen molar-refractivity contribution in [3.05, 3.63) is 11.9 Å². The molecule has 0 radical (unpaired) electrons. The van der Waals surface area contributed by atoms with Gasteiger partial charge in [-0.05, 0) is 6.42 Å². The molecule has 0 spiro atoms. The molecule has 9 heteroatoms. The van der Waals surface area contributed by atoms with E-state index in [0.29, 0.717) is 13.0 Å². The second-order valence-electron chi connectivity index (χ2n) is 3.74. The van der Waals surface area contributed by atoms with Crippen LogP contribution in [0.1, 0.15) is 23.8 Å². The SMILES string of the molecule is CCCNC(=O)c1c(NC(=O)C(F)(F)F)cnn1C. The lowest BCUT2D eigenvalue weighted by Gasteiger charge is -2.09. The lowest BCUT2D eigenvalue weighted by Crippen LogP contribution is -2.32. The van der Waals surface area contributed by atoms with Gasteiger partial charge in [-0.1, -0.05) is 6.92 Å². The number of aryl methyl sites for hydroxylation is 1. The quantitative estimate of drug-likeness (QED) is 0.864. The molecule has 106 valence electrons. The van der Waals surface area contributed by atoms with Crippen LogP contribution in [0.15, 0.2) is 6.20 Å². The van der Waals surface area contributed by atoms with E-state index in [4.69, 9.17) is 0 Å². The number of carbonyl (C=O) groups excluding carboxylic acids is 2. The third-order valence-electron chi connectivity index (χ3n) is 2.20. The molecule has 0 fully saturated rings. The lowest BCUT2D eigenvalue weighted by atomic mass is 10.3. The molecule has 0 aliphatic carbocycles. The summed E-state index contributed by atoms with van der Waals surface area (Å²) >= 11 is 0. The van der Waals surface area contributed by atoms with E-state index in [1.165, 1.54) is 7.05 Å². The normalized spacial score (nSPS) is 11.2. The average Bonchev–Trinajstić information content (AvgIpc) is 2.66. The summed E-state index contributed by atoms with van der Waals surface area (Å²) in [5.74, 6) is -2.75. The van der Waals surface area contributed by atoms with Gasteiger partial charge in [-0.2, -0.15) is 18.3 Å². The molecule has 1 heterocycles. The van der Waals surface area contributed by atoms with Crippen molar-refractivity contribution in [1.29, 1.82) is 0 Å². The molecular weight excluding hydrogens is 265 g/mol. The summed E-state index contributed by atoms with van der Waals surface area (Å²) < 4.78 is 37.5. The highest BCUT2D eigenvalue weighted by molar-refractivity contribution is 6.03. The van der Waals surface area contributed by atoms with Crippen LogP contribution in [0.4, 0.5) is 18.9 Å². The second-order valence-corrected chi connectivity index (χ2v) is 3.74. The van der Waals surface area contributed by atoms with Gasteiger partial charge in [0.15, 0.2) is 0 Å². The van der Waals surface area contributed by atoms with E-state index in [1.54, 1.807) is 5.32 Å². The summed E-state index contributed by atoms with van der Waals surface area (Å²) in [6.07, 6.45) is -3.36. The van der Waals surface area contributed by atoms with Crippen LogP contribution in [0.2, 0.25) is 0 Å². The molecule has 1 aromatic heterocycles.